The molecule has 3 aromatic carbocycles. The summed E-state index contributed by atoms with van der Waals surface area (Å²) in [6.07, 6.45) is 3.79. The summed E-state index contributed by atoms with van der Waals surface area (Å²) in [4.78, 5) is 27.0. The number of anilines is 2. The van der Waals surface area contributed by atoms with Crippen molar-refractivity contribution in [1.82, 2.24) is 9.88 Å². The van der Waals surface area contributed by atoms with E-state index in [0.717, 1.165) is 17.1 Å². The Balaban J connectivity index is 1.18. The fourth-order valence-corrected chi connectivity index (χ4v) is 4.17. The van der Waals surface area contributed by atoms with Gasteiger partial charge in [-0.05, 0) is 60.7 Å². The molecule has 1 fully saturated rings. The molecule has 0 atom stereocenters. The molecule has 8 heteroatoms. The van der Waals surface area contributed by atoms with E-state index in [1.165, 1.54) is 7.11 Å². The van der Waals surface area contributed by atoms with Gasteiger partial charge in [0.15, 0.2) is 0 Å². The molecule has 1 saturated heterocycles. The molecule has 182 valence electrons. The van der Waals surface area contributed by atoms with Crippen LogP contribution in [0.15, 0.2) is 97.3 Å². The molecule has 0 unspecified atom stereocenters. The number of hydrogen-bond acceptors (Lipinski definition) is 5. The van der Waals surface area contributed by atoms with Crippen LogP contribution in [0.1, 0.15) is 10.4 Å². The number of carbonyl (C=O) groups excluding carboxylic acids is 2. The van der Waals surface area contributed by atoms with Gasteiger partial charge >= 0.3 is 12.0 Å². The van der Waals surface area contributed by atoms with Gasteiger partial charge < -0.3 is 29.6 Å². The van der Waals surface area contributed by atoms with Crippen molar-refractivity contribution in [2.45, 2.75) is 6.04 Å². The lowest BCUT2D eigenvalue weighted by Gasteiger charge is -2.42. The number of hydrogen-bond donors (Lipinski definition) is 2. The predicted molar refractivity (Wildman–Crippen MR) is 138 cm³/mol. The molecule has 0 spiro atoms. The number of esters is 1. The van der Waals surface area contributed by atoms with Crippen molar-refractivity contribution in [2.24, 2.45) is 0 Å². The molecule has 8 nitrogen and oxygen atoms in total. The van der Waals surface area contributed by atoms with Crippen molar-refractivity contribution in [1.29, 1.82) is 0 Å². The molecule has 0 saturated carbocycles. The highest BCUT2D eigenvalue weighted by Gasteiger charge is 2.31. The van der Waals surface area contributed by atoms with Crippen molar-refractivity contribution >= 4 is 23.4 Å². The highest BCUT2D eigenvalue weighted by atomic mass is 16.5. The lowest BCUT2D eigenvalue weighted by Crippen LogP contribution is -2.60. The number of para-hydroxylation sites is 2. The average molecular weight is 483 g/mol. The first-order valence-electron chi connectivity index (χ1n) is 11.6. The lowest BCUT2D eigenvalue weighted by atomic mass is 10.0. The molecule has 2 amide bonds. The molecule has 0 radical (unpaired) electrons. The maximum Gasteiger partial charge on any atom is 0.340 e. The Morgan fingerprint density at radius 2 is 1.53 bits per heavy atom. The molecule has 0 aliphatic carbocycles. The van der Waals surface area contributed by atoms with Crippen LogP contribution in [0.3, 0.4) is 0 Å². The molecule has 1 aliphatic heterocycles. The second kappa shape index (κ2) is 10.3. The van der Waals surface area contributed by atoms with Gasteiger partial charge in [-0.3, -0.25) is 0 Å². The number of nitrogens with one attached hydrogen (secondary N) is 2. The summed E-state index contributed by atoms with van der Waals surface area (Å²) in [5.74, 6) is 1.05. The maximum atomic E-state index is 12.5. The number of urea groups is 1. The molecule has 0 bridgehead atoms. The molecular formula is C28H26N4O4. The SMILES string of the molecule is COC(=O)c1cccc(N2CC(NC(=O)Nc3ccc(Oc4ccccc4)cc3)C2)c1-n1cccc1. The largest absolute Gasteiger partial charge is 0.465 e. The summed E-state index contributed by atoms with van der Waals surface area (Å²) in [6.45, 7) is 1.24. The third-order valence-corrected chi connectivity index (χ3v) is 5.93. The maximum absolute atomic E-state index is 12.5. The number of ether oxygens (including phenoxy) is 2. The van der Waals surface area contributed by atoms with E-state index in [4.69, 9.17) is 9.47 Å². The van der Waals surface area contributed by atoms with E-state index in [1.807, 2.05) is 83.7 Å². The lowest BCUT2D eigenvalue weighted by molar-refractivity contribution is 0.0600. The van der Waals surface area contributed by atoms with E-state index in [1.54, 1.807) is 18.2 Å². The number of nitrogens with zero attached hydrogens (tertiary/aromatic N) is 2. The number of rotatable bonds is 7. The van der Waals surface area contributed by atoms with Gasteiger partial charge in [0.1, 0.15) is 11.5 Å². The smallest absolute Gasteiger partial charge is 0.340 e. The summed E-state index contributed by atoms with van der Waals surface area (Å²) in [5, 5.41) is 5.86. The summed E-state index contributed by atoms with van der Waals surface area (Å²) in [6, 6.07) is 25.8. The Bertz CT molecular complexity index is 1330. The van der Waals surface area contributed by atoms with Crippen LogP contribution in [0, 0.1) is 0 Å². The van der Waals surface area contributed by atoms with Crippen LogP contribution in [0.2, 0.25) is 0 Å². The van der Waals surface area contributed by atoms with E-state index in [2.05, 4.69) is 15.5 Å². The van der Waals surface area contributed by atoms with E-state index < -0.39 is 5.97 Å². The van der Waals surface area contributed by atoms with E-state index in [9.17, 15) is 9.59 Å². The first-order chi connectivity index (χ1) is 17.6. The summed E-state index contributed by atoms with van der Waals surface area (Å²) < 4.78 is 12.7. The van der Waals surface area contributed by atoms with E-state index in [0.29, 0.717) is 30.1 Å². The number of methoxy groups -OCH3 is 1. The molecular weight excluding hydrogens is 456 g/mol. The van der Waals surface area contributed by atoms with Gasteiger partial charge in [0.25, 0.3) is 0 Å². The first kappa shape index (κ1) is 23.0. The van der Waals surface area contributed by atoms with E-state index in [-0.39, 0.29) is 12.1 Å². The molecule has 36 heavy (non-hydrogen) atoms. The number of amides is 2. The van der Waals surface area contributed by atoms with Crippen LogP contribution in [-0.2, 0) is 4.74 Å². The third-order valence-electron chi connectivity index (χ3n) is 5.93. The zero-order valence-corrected chi connectivity index (χ0v) is 19.8. The second-order valence-electron chi connectivity index (χ2n) is 8.40. The minimum Gasteiger partial charge on any atom is -0.465 e. The molecule has 4 aromatic rings. The topological polar surface area (TPSA) is 84.8 Å². The van der Waals surface area contributed by atoms with Gasteiger partial charge in [0, 0.05) is 31.2 Å². The fraction of sp³-hybridized carbons (Fsp3) is 0.143. The van der Waals surface area contributed by atoms with Crippen LogP contribution >= 0.6 is 0 Å². The third kappa shape index (κ3) is 5.02. The van der Waals surface area contributed by atoms with Gasteiger partial charge in [-0.2, -0.15) is 0 Å². The Labute approximate surface area is 209 Å². The Kier molecular flexibility index (Phi) is 6.57. The number of benzene rings is 3. The Morgan fingerprint density at radius 1 is 0.833 bits per heavy atom. The monoisotopic (exact) mass is 482 g/mol. The highest BCUT2D eigenvalue weighted by Crippen LogP contribution is 2.32. The van der Waals surface area contributed by atoms with Crippen molar-refractivity contribution in [3.05, 3.63) is 103 Å². The summed E-state index contributed by atoms with van der Waals surface area (Å²) >= 11 is 0. The van der Waals surface area contributed by atoms with Gasteiger partial charge in [0.05, 0.1) is 30.1 Å². The van der Waals surface area contributed by atoms with Crippen molar-refractivity contribution < 1.29 is 19.1 Å². The zero-order valence-electron chi connectivity index (χ0n) is 19.8. The molecule has 2 heterocycles. The van der Waals surface area contributed by atoms with Crippen molar-refractivity contribution in [3.8, 4) is 17.2 Å². The molecule has 1 aromatic heterocycles. The fourth-order valence-electron chi connectivity index (χ4n) is 4.17. The number of aromatic nitrogens is 1. The Hall–Kier alpha value is -4.72. The van der Waals surface area contributed by atoms with Gasteiger partial charge in [-0.25, -0.2) is 9.59 Å². The summed E-state index contributed by atoms with van der Waals surface area (Å²) in [7, 11) is 1.38. The minimum absolute atomic E-state index is 0.0232. The molecule has 2 N–H and O–H groups in total. The molecule has 5 rings (SSSR count). The number of carbonyl (C=O) groups is 2. The first-order valence-corrected chi connectivity index (χ1v) is 11.6. The highest BCUT2D eigenvalue weighted by molar-refractivity contribution is 5.96. The van der Waals surface area contributed by atoms with Crippen molar-refractivity contribution in [2.75, 3.05) is 30.4 Å². The predicted octanol–water partition coefficient (Wildman–Crippen LogP) is 5.07. The second-order valence-corrected chi connectivity index (χ2v) is 8.40. The van der Waals surface area contributed by atoms with Crippen LogP contribution in [0.5, 0.6) is 11.5 Å². The zero-order chi connectivity index (χ0) is 24.9. The van der Waals surface area contributed by atoms with Crippen LogP contribution in [0.25, 0.3) is 5.69 Å². The minimum atomic E-state index is -0.393. The van der Waals surface area contributed by atoms with E-state index >= 15 is 0 Å². The molecule has 1 aliphatic rings. The summed E-state index contributed by atoms with van der Waals surface area (Å²) in [5.41, 5.74) is 2.82. The quantitative estimate of drug-likeness (QED) is 0.360. The standard InChI is InChI=1S/C28H26N4O4/c1-35-27(33)24-10-7-11-25(26(24)31-16-5-6-17-31)32-18-21(19-32)30-28(34)29-20-12-14-23(15-13-20)36-22-8-3-2-4-9-22/h2-17,21H,18-19H2,1H3,(H2,29,30,34). The van der Waals surface area contributed by atoms with Crippen LogP contribution in [0.4, 0.5) is 16.2 Å². The van der Waals surface area contributed by atoms with Gasteiger partial charge in [-0.15, -0.1) is 0 Å². The Morgan fingerprint density at radius 3 is 2.22 bits per heavy atom. The van der Waals surface area contributed by atoms with Crippen LogP contribution < -0.4 is 20.3 Å². The average Bonchev–Trinajstić information content (AvgIpc) is 3.41. The van der Waals surface area contributed by atoms with Gasteiger partial charge in [-0.1, -0.05) is 24.3 Å². The van der Waals surface area contributed by atoms with Crippen molar-refractivity contribution in [3.63, 3.8) is 0 Å². The normalized spacial score (nSPS) is 13.0. The van der Waals surface area contributed by atoms with Crippen LogP contribution in [-0.4, -0.2) is 42.8 Å². The van der Waals surface area contributed by atoms with Gasteiger partial charge in [0.2, 0.25) is 0 Å².